The SMILES string of the molecule is CSCCCCCCNCC(O)COc1ccccc1C. The molecule has 1 aromatic rings. The van der Waals surface area contributed by atoms with Crippen molar-refractivity contribution in [3.05, 3.63) is 29.8 Å². The van der Waals surface area contributed by atoms with E-state index >= 15 is 0 Å². The third-order valence-corrected chi connectivity index (χ3v) is 4.05. The maximum atomic E-state index is 9.88. The van der Waals surface area contributed by atoms with Gasteiger partial charge < -0.3 is 15.2 Å². The van der Waals surface area contributed by atoms with E-state index < -0.39 is 6.10 Å². The van der Waals surface area contributed by atoms with E-state index in [0.717, 1.165) is 17.9 Å². The lowest BCUT2D eigenvalue weighted by atomic mass is 10.2. The van der Waals surface area contributed by atoms with Crippen LogP contribution in [0.2, 0.25) is 0 Å². The van der Waals surface area contributed by atoms with Gasteiger partial charge in [-0.25, -0.2) is 0 Å². The van der Waals surface area contributed by atoms with Crippen molar-refractivity contribution in [1.29, 1.82) is 0 Å². The summed E-state index contributed by atoms with van der Waals surface area (Å²) in [5.41, 5.74) is 1.10. The number of unbranched alkanes of at least 4 members (excludes halogenated alkanes) is 3. The van der Waals surface area contributed by atoms with Crippen molar-refractivity contribution in [3.63, 3.8) is 0 Å². The minimum absolute atomic E-state index is 0.339. The molecular weight excluding hydrogens is 282 g/mol. The highest BCUT2D eigenvalue weighted by atomic mass is 32.2. The summed E-state index contributed by atoms with van der Waals surface area (Å²) in [6.07, 6.45) is 6.77. The summed E-state index contributed by atoms with van der Waals surface area (Å²) in [5.74, 6) is 2.12. The Morgan fingerprint density at radius 1 is 1.19 bits per heavy atom. The monoisotopic (exact) mass is 311 g/mol. The minimum Gasteiger partial charge on any atom is -0.491 e. The van der Waals surface area contributed by atoms with Gasteiger partial charge in [0.1, 0.15) is 18.5 Å². The van der Waals surface area contributed by atoms with E-state index in [4.69, 9.17) is 4.74 Å². The quantitative estimate of drug-likeness (QED) is 0.582. The van der Waals surface area contributed by atoms with Crippen molar-refractivity contribution in [2.24, 2.45) is 0 Å². The summed E-state index contributed by atoms with van der Waals surface area (Å²) in [6, 6.07) is 7.88. The van der Waals surface area contributed by atoms with E-state index in [-0.39, 0.29) is 0 Å². The molecule has 1 rings (SSSR count). The van der Waals surface area contributed by atoms with Gasteiger partial charge in [0.15, 0.2) is 0 Å². The van der Waals surface area contributed by atoms with Crippen LogP contribution in [0.5, 0.6) is 5.75 Å². The Labute approximate surface area is 133 Å². The van der Waals surface area contributed by atoms with Crippen LogP contribution in [0.3, 0.4) is 0 Å². The van der Waals surface area contributed by atoms with E-state index in [1.165, 1.54) is 31.4 Å². The molecule has 0 aliphatic carbocycles. The van der Waals surface area contributed by atoms with E-state index in [0.29, 0.717) is 13.2 Å². The predicted octanol–water partition coefficient (Wildman–Crippen LogP) is 3.25. The number of para-hydroxylation sites is 1. The maximum Gasteiger partial charge on any atom is 0.122 e. The van der Waals surface area contributed by atoms with Gasteiger partial charge in [0.2, 0.25) is 0 Å². The molecule has 0 heterocycles. The van der Waals surface area contributed by atoms with Gasteiger partial charge >= 0.3 is 0 Å². The molecule has 1 atom stereocenters. The Kier molecular flexibility index (Phi) is 10.4. The molecule has 0 bridgehead atoms. The lowest BCUT2D eigenvalue weighted by molar-refractivity contribution is 0.106. The summed E-state index contributed by atoms with van der Waals surface area (Å²) in [7, 11) is 0. The van der Waals surface area contributed by atoms with E-state index in [2.05, 4.69) is 11.6 Å². The zero-order valence-electron chi connectivity index (χ0n) is 13.3. The number of benzene rings is 1. The Balaban J connectivity index is 1.99. The number of hydrogen-bond acceptors (Lipinski definition) is 4. The first-order chi connectivity index (χ1) is 10.2. The van der Waals surface area contributed by atoms with Gasteiger partial charge in [-0.05, 0) is 49.9 Å². The van der Waals surface area contributed by atoms with Gasteiger partial charge in [0.05, 0.1) is 0 Å². The third-order valence-electron chi connectivity index (χ3n) is 3.36. The van der Waals surface area contributed by atoms with E-state index in [1.54, 1.807) is 0 Å². The van der Waals surface area contributed by atoms with Crippen LogP contribution in [0.4, 0.5) is 0 Å². The fraction of sp³-hybridized carbons (Fsp3) is 0.647. The predicted molar refractivity (Wildman–Crippen MR) is 92.4 cm³/mol. The Morgan fingerprint density at radius 2 is 1.95 bits per heavy atom. The molecular formula is C17H29NO2S. The first-order valence-corrected chi connectivity index (χ1v) is 9.19. The molecule has 4 heteroatoms. The van der Waals surface area contributed by atoms with Gasteiger partial charge in [-0.3, -0.25) is 0 Å². The molecule has 0 spiro atoms. The average molecular weight is 311 g/mol. The number of thioether (sulfide) groups is 1. The van der Waals surface area contributed by atoms with Crippen LogP contribution in [0.25, 0.3) is 0 Å². The zero-order chi connectivity index (χ0) is 15.3. The number of rotatable bonds is 12. The number of ether oxygens (including phenoxy) is 1. The summed E-state index contributed by atoms with van der Waals surface area (Å²) in [4.78, 5) is 0. The Morgan fingerprint density at radius 3 is 2.71 bits per heavy atom. The molecule has 0 saturated heterocycles. The molecule has 0 saturated carbocycles. The molecule has 0 amide bonds. The van der Waals surface area contributed by atoms with E-state index in [9.17, 15) is 5.11 Å². The molecule has 1 aromatic carbocycles. The van der Waals surface area contributed by atoms with Crippen LogP contribution in [0.1, 0.15) is 31.2 Å². The van der Waals surface area contributed by atoms with Crippen LogP contribution in [-0.4, -0.2) is 42.9 Å². The first-order valence-electron chi connectivity index (χ1n) is 7.80. The molecule has 3 nitrogen and oxygen atoms in total. The number of hydrogen-bond donors (Lipinski definition) is 2. The minimum atomic E-state index is -0.457. The van der Waals surface area contributed by atoms with Crippen LogP contribution in [0.15, 0.2) is 24.3 Å². The molecule has 0 radical (unpaired) electrons. The topological polar surface area (TPSA) is 41.5 Å². The molecule has 0 aromatic heterocycles. The van der Waals surface area contributed by atoms with Crippen LogP contribution < -0.4 is 10.1 Å². The number of aliphatic hydroxyl groups excluding tert-OH is 1. The van der Waals surface area contributed by atoms with Crippen molar-refractivity contribution in [3.8, 4) is 5.75 Å². The van der Waals surface area contributed by atoms with Gasteiger partial charge in [-0.15, -0.1) is 0 Å². The highest BCUT2D eigenvalue weighted by Gasteiger charge is 2.05. The molecule has 2 N–H and O–H groups in total. The van der Waals surface area contributed by atoms with Gasteiger partial charge in [-0.2, -0.15) is 11.8 Å². The second-order valence-corrected chi connectivity index (χ2v) is 6.33. The largest absolute Gasteiger partial charge is 0.491 e. The normalized spacial score (nSPS) is 12.3. The third kappa shape index (κ3) is 9.02. The van der Waals surface area contributed by atoms with Crippen molar-refractivity contribution in [1.82, 2.24) is 5.32 Å². The smallest absolute Gasteiger partial charge is 0.122 e. The summed E-state index contributed by atoms with van der Waals surface area (Å²) < 4.78 is 5.63. The van der Waals surface area contributed by atoms with Gasteiger partial charge in [0, 0.05) is 6.54 Å². The standard InChI is InChI=1S/C17H29NO2S/c1-15-9-5-6-10-17(15)20-14-16(19)13-18-11-7-3-4-8-12-21-2/h5-6,9-10,16,18-19H,3-4,7-8,11-14H2,1-2H3. The fourth-order valence-electron chi connectivity index (χ4n) is 2.08. The summed E-state index contributed by atoms with van der Waals surface area (Å²) >= 11 is 1.92. The fourth-order valence-corrected chi connectivity index (χ4v) is 2.57. The van der Waals surface area contributed by atoms with Crippen molar-refractivity contribution in [2.45, 2.75) is 38.7 Å². The van der Waals surface area contributed by atoms with Crippen LogP contribution in [-0.2, 0) is 0 Å². The number of aliphatic hydroxyl groups is 1. The number of aryl methyl sites for hydroxylation is 1. The second-order valence-electron chi connectivity index (χ2n) is 5.34. The molecule has 1 unspecified atom stereocenters. The van der Waals surface area contributed by atoms with Crippen LogP contribution in [0, 0.1) is 6.92 Å². The molecule has 0 aliphatic rings. The lowest BCUT2D eigenvalue weighted by Crippen LogP contribution is -2.32. The highest BCUT2D eigenvalue weighted by Crippen LogP contribution is 2.16. The average Bonchev–Trinajstić information content (AvgIpc) is 2.49. The second kappa shape index (κ2) is 11.9. The molecule has 0 aliphatic heterocycles. The molecule has 21 heavy (non-hydrogen) atoms. The van der Waals surface area contributed by atoms with Crippen molar-refractivity contribution >= 4 is 11.8 Å². The summed E-state index contributed by atoms with van der Waals surface area (Å²) in [6.45, 7) is 3.92. The van der Waals surface area contributed by atoms with Gasteiger partial charge in [-0.1, -0.05) is 31.0 Å². The van der Waals surface area contributed by atoms with Crippen molar-refractivity contribution < 1.29 is 9.84 Å². The van der Waals surface area contributed by atoms with E-state index in [1.807, 2.05) is 43.0 Å². The first kappa shape index (κ1) is 18.3. The highest BCUT2D eigenvalue weighted by molar-refractivity contribution is 7.98. The van der Waals surface area contributed by atoms with Gasteiger partial charge in [0.25, 0.3) is 0 Å². The zero-order valence-corrected chi connectivity index (χ0v) is 14.1. The van der Waals surface area contributed by atoms with Crippen LogP contribution >= 0.6 is 11.8 Å². The summed E-state index contributed by atoms with van der Waals surface area (Å²) in [5, 5.41) is 13.2. The Hall–Kier alpha value is -0.710. The van der Waals surface area contributed by atoms with Crippen molar-refractivity contribution in [2.75, 3.05) is 31.7 Å². The lowest BCUT2D eigenvalue weighted by Gasteiger charge is -2.14. The molecule has 0 fully saturated rings. The maximum absolute atomic E-state index is 9.88. The number of nitrogens with one attached hydrogen (secondary N) is 1. The molecule has 120 valence electrons. The Bertz CT molecular complexity index is 374.